The highest BCUT2D eigenvalue weighted by Crippen LogP contribution is 2.15. The van der Waals surface area contributed by atoms with E-state index in [1.807, 2.05) is 37.3 Å². The first kappa shape index (κ1) is 11.7. The van der Waals surface area contributed by atoms with Gasteiger partial charge in [-0.3, -0.25) is 9.78 Å². The fourth-order valence-electron chi connectivity index (χ4n) is 1.74. The number of nitrogens with two attached hydrogens (primary N) is 1. The molecule has 0 spiro atoms. The molecule has 2 aromatic rings. The van der Waals surface area contributed by atoms with E-state index in [1.165, 1.54) is 0 Å². The number of benzene rings is 1. The highest BCUT2D eigenvalue weighted by molar-refractivity contribution is 5.99. The molecular formula is C14H16N2O. The lowest BCUT2D eigenvalue weighted by atomic mass is 10.0. The van der Waals surface area contributed by atoms with Crippen LogP contribution in [0, 0.1) is 0 Å². The molecule has 0 amide bonds. The molecule has 0 saturated carbocycles. The van der Waals surface area contributed by atoms with E-state index in [9.17, 15) is 4.79 Å². The Kier molecular flexibility index (Phi) is 3.49. The lowest BCUT2D eigenvalue weighted by Gasteiger charge is -2.05. The topological polar surface area (TPSA) is 56.0 Å². The second-order valence-electron chi connectivity index (χ2n) is 4.35. The molecule has 0 aliphatic carbocycles. The van der Waals surface area contributed by atoms with Crippen molar-refractivity contribution in [1.82, 2.24) is 4.98 Å². The monoisotopic (exact) mass is 228 g/mol. The van der Waals surface area contributed by atoms with Gasteiger partial charge in [-0.15, -0.1) is 0 Å². The molecule has 0 radical (unpaired) electrons. The van der Waals surface area contributed by atoms with Crippen LogP contribution in [-0.2, 0) is 0 Å². The molecule has 1 heterocycles. The van der Waals surface area contributed by atoms with E-state index in [-0.39, 0.29) is 11.8 Å². The van der Waals surface area contributed by atoms with Crippen molar-refractivity contribution in [2.75, 3.05) is 0 Å². The van der Waals surface area contributed by atoms with Gasteiger partial charge < -0.3 is 5.73 Å². The van der Waals surface area contributed by atoms with Crippen LogP contribution >= 0.6 is 0 Å². The molecule has 1 atom stereocenters. The number of nitrogens with zero attached hydrogens (tertiary/aromatic N) is 1. The van der Waals surface area contributed by atoms with Crippen molar-refractivity contribution in [3.8, 4) is 0 Å². The molecule has 0 bridgehead atoms. The third kappa shape index (κ3) is 2.88. The summed E-state index contributed by atoms with van der Waals surface area (Å²) in [6.45, 7) is 1.91. The molecule has 0 fully saturated rings. The number of ketones is 1. The first-order valence-electron chi connectivity index (χ1n) is 5.80. The van der Waals surface area contributed by atoms with Crippen molar-refractivity contribution >= 4 is 16.7 Å². The van der Waals surface area contributed by atoms with Crippen LogP contribution < -0.4 is 5.73 Å². The number of fused-ring (bicyclic) bond motifs is 1. The van der Waals surface area contributed by atoms with Crippen LogP contribution in [0.4, 0.5) is 0 Å². The van der Waals surface area contributed by atoms with Crippen molar-refractivity contribution in [1.29, 1.82) is 0 Å². The Labute approximate surface area is 101 Å². The molecule has 3 nitrogen and oxygen atoms in total. The second-order valence-corrected chi connectivity index (χ2v) is 4.35. The standard InChI is InChI=1S/C14H16N2O/c1-10(15)4-7-14(17)12-6-5-11-3-2-8-16-13(11)9-12/h2-3,5-6,8-10H,4,7,15H2,1H3. The normalized spacial score (nSPS) is 12.6. The van der Waals surface area contributed by atoms with E-state index in [1.54, 1.807) is 6.20 Å². The Balaban J connectivity index is 2.21. The number of aromatic nitrogens is 1. The summed E-state index contributed by atoms with van der Waals surface area (Å²) < 4.78 is 0. The summed E-state index contributed by atoms with van der Waals surface area (Å²) in [4.78, 5) is 16.2. The lowest BCUT2D eigenvalue weighted by molar-refractivity contribution is 0.0978. The first-order chi connectivity index (χ1) is 8.16. The highest BCUT2D eigenvalue weighted by atomic mass is 16.1. The fourth-order valence-corrected chi connectivity index (χ4v) is 1.74. The molecule has 0 saturated heterocycles. The van der Waals surface area contributed by atoms with Crippen LogP contribution in [0.3, 0.4) is 0 Å². The third-order valence-electron chi connectivity index (χ3n) is 2.75. The molecular weight excluding hydrogens is 212 g/mol. The summed E-state index contributed by atoms with van der Waals surface area (Å²) in [6.07, 6.45) is 2.95. The van der Waals surface area contributed by atoms with Crippen molar-refractivity contribution in [3.63, 3.8) is 0 Å². The van der Waals surface area contributed by atoms with Gasteiger partial charge in [0, 0.05) is 29.6 Å². The summed E-state index contributed by atoms with van der Waals surface area (Å²) >= 11 is 0. The number of pyridine rings is 1. The Morgan fingerprint density at radius 2 is 2.24 bits per heavy atom. The maximum atomic E-state index is 11.9. The molecule has 1 unspecified atom stereocenters. The van der Waals surface area contributed by atoms with Crippen LogP contribution in [0.2, 0.25) is 0 Å². The number of hydrogen-bond acceptors (Lipinski definition) is 3. The molecule has 2 N–H and O–H groups in total. The second kappa shape index (κ2) is 5.06. The average Bonchev–Trinajstić information content (AvgIpc) is 2.35. The number of carbonyl (C=O) groups is 1. The first-order valence-corrected chi connectivity index (χ1v) is 5.80. The van der Waals surface area contributed by atoms with E-state index >= 15 is 0 Å². The van der Waals surface area contributed by atoms with Crippen molar-refractivity contribution in [2.45, 2.75) is 25.8 Å². The third-order valence-corrected chi connectivity index (χ3v) is 2.75. The van der Waals surface area contributed by atoms with Gasteiger partial charge >= 0.3 is 0 Å². The quantitative estimate of drug-likeness (QED) is 0.818. The Morgan fingerprint density at radius 3 is 3.00 bits per heavy atom. The number of Topliss-reactive ketones (excluding diaryl/α,β-unsaturated/α-hetero) is 1. The van der Waals surface area contributed by atoms with Gasteiger partial charge in [0.25, 0.3) is 0 Å². The summed E-state index contributed by atoms with van der Waals surface area (Å²) in [6, 6.07) is 9.57. The zero-order chi connectivity index (χ0) is 12.3. The lowest BCUT2D eigenvalue weighted by Crippen LogP contribution is -2.16. The highest BCUT2D eigenvalue weighted by Gasteiger charge is 2.07. The van der Waals surface area contributed by atoms with Gasteiger partial charge in [-0.25, -0.2) is 0 Å². The molecule has 1 aromatic carbocycles. The largest absolute Gasteiger partial charge is 0.328 e. The van der Waals surface area contributed by atoms with Crippen LogP contribution in [0.1, 0.15) is 30.1 Å². The number of carbonyl (C=O) groups excluding carboxylic acids is 1. The maximum absolute atomic E-state index is 11.9. The molecule has 88 valence electrons. The summed E-state index contributed by atoms with van der Waals surface area (Å²) in [5.74, 6) is 0.134. The van der Waals surface area contributed by atoms with Crippen molar-refractivity contribution < 1.29 is 4.79 Å². The molecule has 0 aliphatic heterocycles. The Hall–Kier alpha value is -1.74. The van der Waals surface area contributed by atoms with E-state index in [4.69, 9.17) is 5.73 Å². The van der Waals surface area contributed by atoms with Gasteiger partial charge in [0.1, 0.15) is 0 Å². The molecule has 0 aliphatic rings. The summed E-state index contributed by atoms with van der Waals surface area (Å²) in [5.41, 5.74) is 7.22. The molecule has 2 rings (SSSR count). The van der Waals surface area contributed by atoms with Gasteiger partial charge in [-0.1, -0.05) is 18.2 Å². The van der Waals surface area contributed by atoms with Gasteiger partial charge in [0.15, 0.2) is 5.78 Å². The van der Waals surface area contributed by atoms with Crippen LogP contribution in [-0.4, -0.2) is 16.8 Å². The van der Waals surface area contributed by atoms with E-state index in [0.717, 1.165) is 22.9 Å². The Bertz CT molecular complexity index is 534. The van der Waals surface area contributed by atoms with Crippen molar-refractivity contribution in [2.24, 2.45) is 5.73 Å². The predicted molar refractivity (Wildman–Crippen MR) is 69.0 cm³/mol. The summed E-state index contributed by atoms with van der Waals surface area (Å²) in [5, 5.41) is 1.05. The number of hydrogen-bond donors (Lipinski definition) is 1. The van der Waals surface area contributed by atoms with Crippen LogP contribution in [0.5, 0.6) is 0 Å². The van der Waals surface area contributed by atoms with E-state index < -0.39 is 0 Å². The van der Waals surface area contributed by atoms with Crippen molar-refractivity contribution in [3.05, 3.63) is 42.1 Å². The maximum Gasteiger partial charge on any atom is 0.163 e. The number of rotatable bonds is 4. The minimum absolute atomic E-state index is 0.0672. The average molecular weight is 228 g/mol. The van der Waals surface area contributed by atoms with Gasteiger partial charge in [-0.2, -0.15) is 0 Å². The zero-order valence-corrected chi connectivity index (χ0v) is 9.89. The van der Waals surface area contributed by atoms with Gasteiger partial charge in [0.05, 0.1) is 5.52 Å². The van der Waals surface area contributed by atoms with E-state index in [2.05, 4.69) is 4.98 Å². The van der Waals surface area contributed by atoms with Crippen LogP contribution in [0.15, 0.2) is 36.5 Å². The molecule has 1 aromatic heterocycles. The minimum atomic E-state index is 0.0672. The summed E-state index contributed by atoms with van der Waals surface area (Å²) in [7, 11) is 0. The molecule has 3 heteroatoms. The van der Waals surface area contributed by atoms with Crippen LogP contribution in [0.25, 0.3) is 10.9 Å². The minimum Gasteiger partial charge on any atom is -0.328 e. The SMILES string of the molecule is CC(N)CCC(=O)c1ccc2cccnc2c1. The predicted octanol–water partition coefficient (Wildman–Crippen LogP) is 2.54. The smallest absolute Gasteiger partial charge is 0.163 e. The fraction of sp³-hybridized carbons (Fsp3) is 0.286. The molecule has 17 heavy (non-hydrogen) atoms. The van der Waals surface area contributed by atoms with Gasteiger partial charge in [-0.05, 0) is 25.5 Å². The van der Waals surface area contributed by atoms with E-state index in [0.29, 0.717) is 6.42 Å². The van der Waals surface area contributed by atoms with Gasteiger partial charge in [0.2, 0.25) is 0 Å². The zero-order valence-electron chi connectivity index (χ0n) is 9.89. The Morgan fingerprint density at radius 1 is 1.41 bits per heavy atom.